The van der Waals surface area contributed by atoms with Gasteiger partial charge < -0.3 is 10.1 Å². The minimum Gasteiger partial charge on any atom is -0.373 e. The molecule has 2 nitrogen and oxygen atoms in total. The molecule has 6 heteroatoms. The lowest BCUT2D eigenvalue weighted by molar-refractivity contribution is -0.167. The van der Waals surface area contributed by atoms with Gasteiger partial charge in [-0.25, -0.2) is 8.78 Å². The van der Waals surface area contributed by atoms with Crippen molar-refractivity contribution in [1.82, 2.24) is 5.32 Å². The fourth-order valence-electron chi connectivity index (χ4n) is 1.78. The van der Waals surface area contributed by atoms with Crippen LogP contribution in [0.1, 0.15) is 12.5 Å². The molecule has 1 aromatic carbocycles. The summed E-state index contributed by atoms with van der Waals surface area (Å²) in [6, 6.07) is 9.28. The van der Waals surface area contributed by atoms with Gasteiger partial charge in [-0.2, -0.15) is 8.78 Å². The van der Waals surface area contributed by atoms with Crippen molar-refractivity contribution < 1.29 is 22.3 Å². The molecule has 0 aliphatic heterocycles. The van der Waals surface area contributed by atoms with E-state index in [1.165, 1.54) is 0 Å². The predicted molar refractivity (Wildman–Crippen MR) is 69.4 cm³/mol. The van der Waals surface area contributed by atoms with Gasteiger partial charge in [-0.05, 0) is 18.5 Å². The zero-order chi connectivity index (χ0) is 15.0. The van der Waals surface area contributed by atoms with Crippen molar-refractivity contribution in [3.63, 3.8) is 0 Å². The van der Waals surface area contributed by atoms with Gasteiger partial charge in [0.05, 0.1) is 6.61 Å². The molecule has 0 radical (unpaired) electrons. The van der Waals surface area contributed by atoms with Crippen LogP contribution in [-0.4, -0.2) is 38.1 Å². The summed E-state index contributed by atoms with van der Waals surface area (Å²) in [6.45, 7) is 1.23. The number of ether oxygens (including phenoxy) is 1. The molecule has 114 valence electrons. The second-order valence-electron chi connectivity index (χ2n) is 4.52. The van der Waals surface area contributed by atoms with E-state index < -0.39 is 19.0 Å². The van der Waals surface area contributed by atoms with Crippen LogP contribution in [0.5, 0.6) is 0 Å². The third-order valence-electron chi connectivity index (χ3n) is 2.75. The molecule has 0 aromatic heterocycles. The minimum atomic E-state index is -4.09. The summed E-state index contributed by atoms with van der Waals surface area (Å²) >= 11 is 0. The third kappa shape index (κ3) is 5.88. The van der Waals surface area contributed by atoms with Gasteiger partial charge in [0.25, 0.3) is 0 Å². The van der Waals surface area contributed by atoms with Crippen molar-refractivity contribution in [2.24, 2.45) is 0 Å². The number of alkyl halides is 4. The monoisotopic (exact) mass is 293 g/mol. The minimum absolute atomic E-state index is 0.0367. The molecule has 1 rings (SSSR count). The van der Waals surface area contributed by atoms with E-state index in [1.807, 2.05) is 37.3 Å². The van der Waals surface area contributed by atoms with Crippen molar-refractivity contribution >= 4 is 0 Å². The van der Waals surface area contributed by atoms with Gasteiger partial charge in [0.15, 0.2) is 0 Å². The zero-order valence-electron chi connectivity index (χ0n) is 11.3. The Morgan fingerprint density at radius 3 is 2.40 bits per heavy atom. The van der Waals surface area contributed by atoms with Crippen molar-refractivity contribution in [2.45, 2.75) is 31.7 Å². The molecule has 1 atom stereocenters. The van der Waals surface area contributed by atoms with Crippen LogP contribution in [0.4, 0.5) is 17.6 Å². The van der Waals surface area contributed by atoms with Gasteiger partial charge in [0, 0.05) is 6.04 Å². The highest BCUT2D eigenvalue weighted by Crippen LogP contribution is 2.22. The van der Waals surface area contributed by atoms with Gasteiger partial charge in [-0.15, -0.1) is 0 Å². The van der Waals surface area contributed by atoms with Gasteiger partial charge in [-0.1, -0.05) is 37.3 Å². The number of likely N-dealkylation sites (N-methyl/N-ethyl adjacent to an activating group) is 1. The summed E-state index contributed by atoms with van der Waals surface area (Å²) in [6.07, 6.45) is -3.11. The van der Waals surface area contributed by atoms with Crippen molar-refractivity contribution in [3.8, 4) is 0 Å². The summed E-state index contributed by atoms with van der Waals surface area (Å²) in [5.74, 6) is -4.09. The molecule has 0 bridgehead atoms. The first-order valence-corrected chi connectivity index (χ1v) is 6.46. The van der Waals surface area contributed by atoms with E-state index in [4.69, 9.17) is 4.74 Å². The summed E-state index contributed by atoms with van der Waals surface area (Å²) in [5.41, 5.74) is 1.03. The Kier molecular flexibility index (Phi) is 6.95. The maximum absolute atomic E-state index is 12.7. The Bertz CT molecular complexity index is 373. The van der Waals surface area contributed by atoms with Gasteiger partial charge in [0.2, 0.25) is 0 Å². The zero-order valence-corrected chi connectivity index (χ0v) is 11.3. The molecule has 0 amide bonds. The van der Waals surface area contributed by atoms with Crippen LogP contribution >= 0.6 is 0 Å². The van der Waals surface area contributed by atoms with E-state index in [1.54, 1.807) is 0 Å². The van der Waals surface area contributed by atoms with E-state index >= 15 is 0 Å². The first-order chi connectivity index (χ1) is 9.45. The smallest absolute Gasteiger partial charge is 0.330 e. The molecule has 0 aliphatic rings. The van der Waals surface area contributed by atoms with E-state index in [9.17, 15) is 17.6 Å². The van der Waals surface area contributed by atoms with Crippen molar-refractivity contribution in [3.05, 3.63) is 35.9 Å². The largest absolute Gasteiger partial charge is 0.373 e. The lowest BCUT2D eigenvalue weighted by atomic mass is 10.1. The molecule has 20 heavy (non-hydrogen) atoms. The van der Waals surface area contributed by atoms with Crippen LogP contribution in [0, 0.1) is 0 Å². The van der Waals surface area contributed by atoms with E-state index in [0.717, 1.165) is 5.56 Å². The first-order valence-electron chi connectivity index (χ1n) is 6.46. The number of nitrogens with one attached hydrogen (secondary N) is 1. The Labute approximate surface area is 116 Å². The third-order valence-corrected chi connectivity index (χ3v) is 2.75. The fraction of sp³-hybridized carbons (Fsp3) is 0.571. The average molecular weight is 293 g/mol. The lowest BCUT2D eigenvalue weighted by Crippen LogP contribution is -2.38. The van der Waals surface area contributed by atoms with Crippen molar-refractivity contribution in [2.75, 3.05) is 19.8 Å². The quantitative estimate of drug-likeness (QED) is 0.706. The van der Waals surface area contributed by atoms with Crippen LogP contribution in [0.2, 0.25) is 0 Å². The topological polar surface area (TPSA) is 21.3 Å². The summed E-state index contributed by atoms with van der Waals surface area (Å²) in [4.78, 5) is 0. The highest BCUT2D eigenvalue weighted by atomic mass is 19.3. The average Bonchev–Trinajstić information content (AvgIpc) is 2.39. The molecule has 0 heterocycles. The second-order valence-corrected chi connectivity index (χ2v) is 4.52. The Balaban J connectivity index is 2.43. The molecule has 1 N–H and O–H groups in total. The first kappa shape index (κ1) is 16.9. The Hall–Kier alpha value is -1.14. The number of hydrogen-bond acceptors (Lipinski definition) is 2. The number of hydrogen-bond donors (Lipinski definition) is 1. The number of rotatable bonds is 9. The normalized spacial score (nSPS) is 13.7. The van der Waals surface area contributed by atoms with Crippen LogP contribution < -0.4 is 5.32 Å². The van der Waals surface area contributed by atoms with Crippen LogP contribution in [-0.2, 0) is 11.2 Å². The van der Waals surface area contributed by atoms with E-state index in [-0.39, 0.29) is 12.6 Å². The highest BCUT2D eigenvalue weighted by molar-refractivity contribution is 5.15. The summed E-state index contributed by atoms with van der Waals surface area (Å²) in [7, 11) is 0. The molecular formula is C14H19F4NO. The standard InChI is InChI=1S/C14H19F4NO/c1-2-19-12(8-11-6-4-3-5-7-11)9-20-10-14(17,18)13(15)16/h3-7,12-13,19H,2,8-10H2,1H3. The van der Waals surface area contributed by atoms with Gasteiger partial charge >= 0.3 is 12.3 Å². The molecular weight excluding hydrogens is 274 g/mol. The molecule has 0 saturated carbocycles. The van der Waals surface area contributed by atoms with Gasteiger partial charge in [-0.3, -0.25) is 0 Å². The number of benzene rings is 1. The Morgan fingerprint density at radius 2 is 1.85 bits per heavy atom. The summed E-state index contributed by atoms with van der Waals surface area (Å²) in [5, 5.41) is 3.09. The maximum Gasteiger partial charge on any atom is 0.330 e. The lowest BCUT2D eigenvalue weighted by Gasteiger charge is -2.20. The fourth-order valence-corrected chi connectivity index (χ4v) is 1.78. The van der Waals surface area contributed by atoms with Crippen LogP contribution in [0.15, 0.2) is 30.3 Å². The van der Waals surface area contributed by atoms with E-state index in [0.29, 0.717) is 13.0 Å². The van der Waals surface area contributed by atoms with E-state index in [2.05, 4.69) is 5.32 Å². The highest BCUT2D eigenvalue weighted by Gasteiger charge is 2.41. The molecule has 1 aromatic rings. The van der Waals surface area contributed by atoms with Crippen LogP contribution in [0.25, 0.3) is 0 Å². The number of halogens is 4. The second kappa shape index (κ2) is 8.21. The Morgan fingerprint density at radius 1 is 1.20 bits per heavy atom. The molecule has 1 unspecified atom stereocenters. The molecule has 0 aliphatic carbocycles. The van der Waals surface area contributed by atoms with Gasteiger partial charge in [0.1, 0.15) is 6.61 Å². The molecule has 0 spiro atoms. The predicted octanol–water partition coefficient (Wildman–Crippen LogP) is 3.12. The van der Waals surface area contributed by atoms with Crippen molar-refractivity contribution in [1.29, 1.82) is 0 Å². The van der Waals surface area contributed by atoms with Crippen LogP contribution in [0.3, 0.4) is 0 Å². The molecule has 0 fully saturated rings. The molecule has 0 saturated heterocycles. The summed E-state index contributed by atoms with van der Waals surface area (Å²) < 4.78 is 54.2. The SMILES string of the molecule is CCNC(COCC(F)(F)C(F)F)Cc1ccccc1. The maximum atomic E-state index is 12.7.